The molecular weight excluding hydrogens is 340 g/mol. The second-order valence-electron chi connectivity index (χ2n) is 6.25. The largest absolute Gasteiger partial charge is 0.507 e. The highest BCUT2D eigenvalue weighted by molar-refractivity contribution is 6.02. The third kappa shape index (κ3) is 3.25. The third-order valence-electron chi connectivity index (χ3n) is 4.48. The summed E-state index contributed by atoms with van der Waals surface area (Å²) in [6.07, 6.45) is 1.47. The van der Waals surface area contributed by atoms with Crippen molar-refractivity contribution in [2.45, 2.75) is 13.5 Å². The van der Waals surface area contributed by atoms with Crippen molar-refractivity contribution < 1.29 is 9.90 Å². The van der Waals surface area contributed by atoms with Crippen molar-refractivity contribution in [3.8, 4) is 5.75 Å². The van der Waals surface area contributed by atoms with Crippen molar-refractivity contribution in [2.24, 2.45) is 5.10 Å². The van der Waals surface area contributed by atoms with E-state index < -0.39 is 0 Å². The summed E-state index contributed by atoms with van der Waals surface area (Å²) in [6, 6.07) is 18.8. The lowest BCUT2D eigenvalue weighted by Crippen LogP contribution is -2.23. The summed E-state index contributed by atoms with van der Waals surface area (Å²) in [5.41, 5.74) is 4.85. The number of nitrogens with zero attached hydrogens (tertiary/aromatic N) is 3. The van der Waals surface area contributed by atoms with Crippen LogP contribution in [-0.4, -0.2) is 26.8 Å². The Kier molecular flexibility index (Phi) is 4.30. The molecule has 0 aliphatic heterocycles. The number of amides is 1. The van der Waals surface area contributed by atoms with E-state index in [4.69, 9.17) is 0 Å². The fourth-order valence-corrected chi connectivity index (χ4v) is 3.16. The second-order valence-corrected chi connectivity index (χ2v) is 6.25. The second kappa shape index (κ2) is 6.92. The number of aromatic nitrogens is 2. The Labute approximate surface area is 155 Å². The number of aromatic hydroxyl groups is 1. The molecule has 27 heavy (non-hydrogen) atoms. The lowest BCUT2D eigenvalue weighted by Gasteiger charge is -2.06. The minimum atomic E-state index is -0.266. The van der Waals surface area contributed by atoms with Crippen molar-refractivity contribution in [2.75, 3.05) is 0 Å². The normalized spacial score (nSPS) is 11.4. The number of imidazole rings is 1. The number of hydrogen-bond donors (Lipinski definition) is 2. The van der Waals surface area contributed by atoms with Gasteiger partial charge in [-0.25, -0.2) is 10.4 Å². The van der Waals surface area contributed by atoms with Crippen LogP contribution in [-0.2, 0) is 11.3 Å². The Morgan fingerprint density at radius 1 is 1.15 bits per heavy atom. The summed E-state index contributed by atoms with van der Waals surface area (Å²) < 4.78 is 1.84. The number of carbonyl (C=O) groups is 1. The maximum absolute atomic E-state index is 12.3. The number of aryl methyl sites for hydroxylation is 1. The quantitative estimate of drug-likeness (QED) is 0.434. The van der Waals surface area contributed by atoms with E-state index in [1.54, 1.807) is 6.07 Å². The van der Waals surface area contributed by atoms with E-state index in [2.05, 4.69) is 15.5 Å². The average Bonchev–Trinajstić information content (AvgIpc) is 2.99. The SMILES string of the molecule is Cc1nc2ccccc2n1CC(=O)N/N=C/c1c(O)ccc2ccccc12. The van der Waals surface area contributed by atoms with Crippen LogP contribution >= 0.6 is 0 Å². The predicted molar refractivity (Wildman–Crippen MR) is 106 cm³/mol. The first kappa shape index (κ1) is 16.8. The molecule has 0 spiro atoms. The Balaban J connectivity index is 1.53. The predicted octanol–water partition coefficient (Wildman–Crippen LogP) is 3.35. The molecule has 0 saturated carbocycles. The first-order valence-electron chi connectivity index (χ1n) is 8.58. The number of hydrazone groups is 1. The van der Waals surface area contributed by atoms with Gasteiger partial charge in [0.1, 0.15) is 18.1 Å². The number of rotatable bonds is 4. The highest BCUT2D eigenvalue weighted by Crippen LogP contribution is 2.25. The summed E-state index contributed by atoms with van der Waals surface area (Å²) in [5, 5.41) is 16.0. The molecule has 1 heterocycles. The molecular formula is C21H18N4O2. The van der Waals surface area contributed by atoms with E-state index in [1.165, 1.54) is 6.21 Å². The van der Waals surface area contributed by atoms with Gasteiger partial charge in [0.05, 0.1) is 17.2 Å². The Morgan fingerprint density at radius 2 is 1.93 bits per heavy atom. The number of benzene rings is 3. The number of nitrogens with one attached hydrogen (secondary N) is 1. The van der Waals surface area contributed by atoms with Crippen LogP contribution in [0.4, 0.5) is 0 Å². The number of para-hydroxylation sites is 2. The fourth-order valence-electron chi connectivity index (χ4n) is 3.16. The molecule has 134 valence electrons. The zero-order valence-electron chi connectivity index (χ0n) is 14.8. The maximum atomic E-state index is 12.3. The standard InChI is InChI=1S/C21H18N4O2/c1-14-23-18-8-4-5-9-19(18)25(14)13-21(27)24-22-12-17-16-7-3-2-6-15(16)10-11-20(17)26/h2-12,26H,13H2,1H3,(H,24,27)/b22-12+. The summed E-state index contributed by atoms with van der Waals surface area (Å²) in [5.74, 6) is 0.613. The van der Waals surface area contributed by atoms with Crippen LogP contribution in [0.15, 0.2) is 65.8 Å². The fraction of sp³-hybridized carbons (Fsp3) is 0.0952. The molecule has 0 saturated heterocycles. The molecule has 4 aromatic rings. The first-order chi connectivity index (χ1) is 13.1. The highest BCUT2D eigenvalue weighted by atomic mass is 16.3. The Morgan fingerprint density at radius 3 is 2.81 bits per heavy atom. The van der Waals surface area contributed by atoms with Gasteiger partial charge in [-0.2, -0.15) is 5.10 Å². The van der Waals surface area contributed by atoms with Crippen LogP contribution in [0.25, 0.3) is 21.8 Å². The smallest absolute Gasteiger partial charge is 0.260 e. The minimum Gasteiger partial charge on any atom is -0.507 e. The molecule has 0 unspecified atom stereocenters. The van der Waals surface area contributed by atoms with Crippen LogP contribution < -0.4 is 5.43 Å². The molecule has 2 N–H and O–H groups in total. The summed E-state index contributed by atoms with van der Waals surface area (Å²) in [7, 11) is 0. The van der Waals surface area contributed by atoms with E-state index in [0.717, 1.165) is 27.6 Å². The van der Waals surface area contributed by atoms with Crippen LogP contribution in [0.5, 0.6) is 5.75 Å². The number of phenolic OH excluding ortho intramolecular Hbond substituents is 1. The number of carbonyl (C=O) groups excluding carboxylic acids is 1. The minimum absolute atomic E-state index is 0.114. The molecule has 3 aromatic carbocycles. The first-order valence-corrected chi connectivity index (χ1v) is 8.58. The maximum Gasteiger partial charge on any atom is 0.260 e. The molecule has 6 heteroatoms. The van der Waals surface area contributed by atoms with Gasteiger partial charge >= 0.3 is 0 Å². The third-order valence-corrected chi connectivity index (χ3v) is 4.48. The molecule has 0 radical (unpaired) electrons. The molecule has 0 aliphatic carbocycles. The van der Waals surface area contributed by atoms with Crippen molar-refractivity contribution in [1.82, 2.24) is 15.0 Å². The molecule has 4 rings (SSSR count). The summed E-state index contributed by atoms with van der Waals surface area (Å²) in [4.78, 5) is 16.8. The summed E-state index contributed by atoms with van der Waals surface area (Å²) in [6.45, 7) is 1.98. The lowest BCUT2D eigenvalue weighted by atomic mass is 10.0. The van der Waals surface area contributed by atoms with Gasteiger partial charge < -0.3 is 9.67 Å². The van der Waals surface area contributed by atoms with Gasteiger partial charge in [0.15, 0.2) is 0 Å². The van der Waals surface area contributed by atoms with E-state index in [-0.39, 0.29) is 18.2 Å². The van der Waals surface area contributed by atoms with Crippen molar-refractivity contribution in [3.05, 3.63) is 72.1 Å². The molecule has 0 aliphatic rings. The molecule has 6 nitrogen and oxygen atoms in total. The number of phenols is 1. The Bertz CT molecular complexity index is 1180. The number of fused-ring (bicyclic) bond motifs is 2. The van der Waals surface area contributed by atoms with Crippen LogP contribution in [0.1, 0.15) is 11.4 Å². The van der Waals surface area contributed by atoms with Gasteiger partial charge in [-0.1, -0.05) is 42.5 Å². The van der Waals surface area contributed by atoms with Gasteiger partial charge in [0, 0.05) is 5.56 Å². The summed E-state index contributed by atoms with van der Waals surface area (Å²) >= 11 is 0. The van der Waals surface area contributed by atoms with E-state index in [0.29, 0.717) is 5.56 Å². The zero-order valence-corrected chi connectivity index (χ0v) is 14.8. The van der Waals surface area contributed by atoms with Gasteiger partial charge in [-0.3, -0.25) is 4.79 Å². The average molecular weight is 358 g/mol. The molecule has 0 bridgehead atoms. The van der Waals surface area contributed by atoms with E-state index in [9.17, 15) is 9.90 Å². The zero-order chi connectivity index (χ0) is 18.8. The lowest BCUT2D eigenvalue weighted by molar-refractivity contribution is -0.121. The van der Waals surface area contributed by atoms with Crippen LogP contribution in [0.3, 0.4) is 0 Å². The Hall–Kier alpha value is -3.67. The van der Waals surface area contributed by atoms with Crippen molar-refractivity contribution in [1.29, 1.82) is 0 Å². The van der Waals surface area contributed by atoms with E-state index >= 15 is 0 Å². The van der Waals surface area contributed by atoms with Crippen molar-refractivity contribution >= 4 is 33.9 Å². The van der Waals surface area contributed by atoms with Crippen LogP contribution in [0.2, 0.25) is 0 Å². The molecule has 0 atom stereocenters. The van der Waals surface area contributed by atoms with Gasteiger partial charge in [0.2, 0.25) is 0 Å². The monoisotopic (exact) mass is 358 g/mol. The van der Waals surface area contributed by atoms with Gasteiger partial charge in [-0.15, -0.1) is 0 Å². The topological polar surface area (TPSA) is 79.5 Å². The molecule has 1 aromatic heterocycles. The molecule has 1 amide bonds. The van der Waals surface area contributed by atoms with Crippen LogP contribution in [0, 0.1) is 6.92 Å². The molecule has 0 fully saturated rings. The van der Waals surface area contributed by atoms with E-state index in [1.807, 2.05) is 66.1 Å². The number of hydrogen-bond acceptors (Lipinski definition) is 4. The highest BCUT2D eigenvalue weighted by Gasteiger charge is 2.10. The van der Waals surface area contributed by atoms with Gasteiger partial charge in [-0.05, 0) is 35.9 Å². The van der Waals surface area contributed by atoms with Gasteiger partial charge in [0.25, 0.3) is 5.91 Å². The van der Waals surface area contributed by atoms with Crippen molar-refractivity contribution in [3.63, 3.8) is 0 Å².